The Kier molecular flexibility index (Phi) is 3.79. The summed E-state index contributed by atoms with van der Waals surface area (Å²) in [6, 6.07) is 10.9. The lowest BCUT2D eigenvalue weighted by molar-refractivity contribution is -0.114. The third-order valence-electron chi connectivity index (χ3n) is 2.18. The number of anilines is 3. The van der Waals surface area contributed by atoms with Gasteiger partial charge in [0.25, 0.3) is 0 Å². The van der Waals surface area contributed by atoms with Crippen molar-refractivity contribution in [3.8, 4) is 0 Å². The second-order valence-electron chi connectivity index (χ2n) is 3.75. The van der Waals surface area contributed by atoms with Gasteiger partial charge >= 0.3 is 0 Å². The number of carbonyl (C=O) groups is 1. The fraction of sp³-hybridized carbons (Fsp3) is 0.0769. The molecule has 1 aromatic carbocycles. The summed E-state index contributed by atoms with van der Waals surface area (Å²) in [5.74, 6) is 0.594. The predicted octanol–water partition coefficient (Wildman–Crippen LogP) is 3.44. The number of nitrogens with zero attached hydrogens (tertiary/aromatic N) is 1. The SMILES string of the molecule is CC(=O)Nc1cccc(Nc2ccc(Cl)cn2)c1. The number of aromatic nitrogens is 1. The van der Waals surface area contributed by atoms with Crippen LogP contribution in [0.1, 0.15) is 6.92 Å². The second-order valence-corrected chi connectivity index (χ2v) is 4.19. The second kappa shape index (κ2) is 5.51. The van der Waals surface area contributed by atoms with Crippen LogP contribution >= 0.6 is 11.6 Å². The molecule has 1 heterocycles. The lowest BCUT2D eigenvalue weighted by Crippen LogP contribution is -2.05. The molecule has 0 unspecified atom stereocenters. The normalized spacial score (nSPS) is 9.89. The molecule has 18 heavy (non-hydrogen) atoms. The van der Waals surface area contributed by atoms with E-state index < -0.39 is 0 Å². The van der Waals surface area contributed by atoms with Gasteiger partial charge in [0.15, 0.2) is 0 Å². The van der Waals surface area contributed by atoms with Crippen LogP contribution < -0.4 is 10.6 Å². The number of halogens is 1. The van der Waals surface area contributed by atoms with E-state index in [0.29, 0.717) is 10.8 Å². The number of benzene rings is 1. The molecule has 0 saturated carbocycles. The molecular formula is C13H12ClN3O. The molecule has 92 valence electrons. The Hall–Kier alpha value is -2.07. The number of pyridine rings is 1. The molecule has 0 saturated heterocycles. The molecule has 1 aromatic heterocycles. The zero-order valence-corrected chi connectivity index (χ0v) is 10.5. The Bertz CT molecular complexity index is 554. The minimum atomic E-state index is -0.100. The highest BCUT2D eigenvalue weighted by atomic mass is 35.5. The number of hydrogen-bond acceptors (Lipinski definition) is 3. The van der Waals surface area contributed by atoms with Crippen molar-refractivity contribution < 1.29 is 4.79 Å². The molecule has 0 radical (unpaired) electrons. The number of carbonyl (C=O) groups excluding carboxylic acids is 1. The van der Waals surface area contributed by atoms with Gasteiger partial charge in [0, 0.05) is 24.5 Å². The smallest absolute Gasteiger partial charge is 0.221 e. The number of amides is 1. The lowest BCUT2D eigenvalue weighted by atomic mass is 10.2. The maximum Gasteiger partial charge on any atom is 0.221 e. The summed E-state index contributed by atoms with van der Waals surface area (Å²) in [7, 11) is 0. The van der Waals surface area contributed by atoms with E-state index >= 15 is 0 Å². The minimum absolute atomic E-state index is 0.100. The molecule has 2 rings (SSSR count). The van der Waals surface area contributed by atoms with E-state index in [1.54, 1.807) is 18.3 Å². The molecule has 0 spiro atoms. The summed E-state index contributed by atoms with van der Waals surface area (Å²) < 4.78 is 0. The van der Waals surface area contributed by atoms with Crippen molar-refractivity contribution >= 4 is 34.7 Å². The fourth-order valence-corrected chi connectivity index (χ4v) is 1.59. The van der Waals surface area contributed by atoms with E-state index in [1.807, 2.05) is 24.3 Å². The molecular weight excluding hydrogens is 250 g/mol. The third kappa shape index (κ3) is 3.46. The first-order chi connectivity index (χ1) is 8.63. The lowest BCUT2D eigenvalue weighted by Gasteiger charge is -2.08. The van der Waals surface area contributed by atoms with Crippen LogP contribution in [-0.2, 0) is 4.79 Å². The van der Waals surface area contributed by atoms with Crippen LogP contribution in [0.4, 0.5) is 17.2 Å². The van der Waals surface area contributed by atoms with Gasteiger partial charge in [-0.15, -0.1) is 0 Å². The van der Waals surface area contributed by atoms with E-state index in [-0.39, 0.29) is 5.91 Å². The molecule has 0 aliphatic carbocycles. The summed E-state index contributed by atoms with van der Waals surface area (Å²) in [5.41, 5.74) is 1.58. The van der Waals surface area contributed by atoms with Gasteiger partial charge in [-0.2, -0.15) is 0 Å². The fourth-order valence-electron chi connectivity index (χ4n) is 1.48. The van der Waals surface area contributed by atoms with Crippen molar-refractivity contribution in [3.05, 3.63) is 47.6 Å². The maximum absolute atomic E-state index is 11.0. The van der Waals surface area contributed by atoms with E-state index in [1.165, 1.54) is 6.92 Å². The Morgan fingerprint density at radius 3 is 2.67 bits per heavy atom. The van der Waals surface area contributed by atoms with Crippen LogP contribution in [0.3, 0.4) is 0 Å². The molecule has 5 heteroatoms. The Morgan fingerprint density at radius 2 is 2.00 bits per heavy atom. The van der Waals surface area contributed by atoms with Crippen molar-refractivity contribution in [2.24, 2.45) is 0 Å². The molecule has 0 bridgehead atoms. The van der Waals surface area contributed by atoms with Gasteiger partial charge in [-0.1, -0.05) is 17.7 Å². The standard InChI is InChI=1S/C13H12ClN3O/c1-9(18)16-11-3-2-4-12(7-11)17-13-6-5-10(14)8-15-13/h2-8H,1H3,(H,15,17)(H,16,18). The Labute approximate surface area is 110 Å². The van der Waals surface area contributed by atoms with Crippen LogP contribution in [0.5, 0.6) is 0 Å². The summed E-state index contributed by atoms with van der Waals surface area (Å²) in [6.45, 7) is 1.47. The zero-order chi connectivity index (χ0) is 13.0. The molecule has 0 aliphatic rings. The highest BCUT2D eigenvalue weighted by Crippen LogP contribution is 2.19. The first-order valence-electron chi connectivity index (χ1n) is 5.40. The average Bonchev–Trinajstić information content (AvgIpc) is 2.32. The van der Waals surface area contributed by atoms with Gasteiger partial charge in [-0.05, 0) is 30.3 Å². The van der Waals surface area contributed by atoms with E-state index in [9.17, 15) is 4.79 Å². The van der Waals surface area contributed by atoms with Gasteiger partial charge in [-0.3, -0.25) is 4.79 Å². The quantitative estimate of drug-likeness (QED) is 0.890. The first kappa shape index (κ1) is 12.4. The third-order valence-corrected chi connectivity index (χ3v) is 2.41. The largest absolute Gasteiger partial charge is 0.340 e. The topological polar surface area (TPSA) is 54.0 Å². The van der Waals surface area contributed by atoms with E-state index in [2.05, 4.69) is 15.6 Å². The Morgan fingerprint density at radius 1 is 1.22 bits per heavy atom. The molecule has 0 aliphatic heterocycles. The van der Waals surface area contributed by atoms with Crippen LogP contribution in [0, 0.1) is 0 Å². The zero-order valence-electron chi connectivity index (χ0n) is 9.77. The molecule has 4 nitrogen and oxygen atoms in total. The number of nitrogens with one attached hydrogen (secondary N) is 2. The summed E-state index contributed by atoms with van der Waals surface area (Å²) >= 11 is 5.76. The van der Waals surface area contributed by atoms with Crippen molar-refractivity contribution in [2.75, 3.05) is 10.6 Å². The Balaban J connectivity index is 2.13. The highest BCUT2D eigenvalue weighted by molar-refractivity contribution is 6.30. The molecule has 2 N–H and O–H groups in total. The average molecular weight is 262 g/mol. The van der Waals surface area contributed by atoms with Crippen LogP contribution in [-0.4, -0.2) is 10.9 Å². The highest BCUT2D eigenvalue weighted by Gasteiger charge is 1.99. The van der Waals surface area contributed by atoms with Gasteiger partial charge in [0.05, 0.1) is 5.02 Å². The minimum Gasteiger partial charge on any atom is -0.340 e. The van der Waals surface area contributed by atoms with Crippen LogP contribution in [0.15, 0.2) is 42.6 Å². The molecule has 0 fully saturated rings. The predicted molar refractivity (Wildman–Crippen MR) is 73.3 cm³/mol. The summed E-state index contributed by atoms with van der Waals surface area (Å²) in [6.07, 6.45) is 1.57. The van der Waals surface area contributed by atoms with Gasteiger partial charge < -0.3 is 10.6 Å². The monoisotopic (exact) mass is 261 g/mol. The molecule has 2 aromatic rings. The van der Waals surface area contributed by atoms with Gasteiger partial charge in [-0.25, -0.2) is 4.98 Å². The summed E-state index contributed by atoms with van der Waals surface area (Å²) in [5, 5.41) is 6.43. The van der Waals surface area contributed by atoms with E-state index in [0.717, 1.165) is 11.4 Å². The van der Waals surface area contributed by atoms with Gasteiger partial charge in [0.1, 0.15) is 5.82 Å². The molecule has 1 amide bonds. The van der Waals surface area contributed by atoms with Crippen LogP contribution in [0.25, 0.3) is 0 Å². The van der Waals surface area contributed by atoms with Crippen LogP contribution in [0.2, 0.25) is 5.02 Å². The first-order valence-corrected chi connectivity index (χ1v) is 5.77. The summed E-state index contributed by atoms with van der Waals surface area (Å²) in [4.78, 5) is 15.1. The number of hydrogen-bond donors (Lipinski definition) is 2. The van der Waals surface area contributed by atoms with Crippen molar-refractivity contribution in [1.29, 1.82) is 0 Å². The van der Waals surface area contributed by atoms with Crippen molar-refractivity contribution in [3.63, 3.8) is 0 Å². The maximum atomic E-state index is 11.0. The molecule has 0 atom stereocenters. The van der Waals surface area contributed by atoms with Crippen molar-refractivity contribution in [1.82, 2.24) is 4.98 Å². The van der Waals surface area contributed by atoms with E-state index in [4.69, 9.17) is 11.6 Å². The van der Waals surface area contributed by atoms with Crippen molar-refractivity contribution in [2.45, 2.75) is 6.92 Å². The number of rotatable bonds is 3. The van der Waals surface area contributed by atoms with Gasteiger partial charge in [0.2, 0.25) is 5.91 Å².